The molecule has 2 heteroatoms. The average Bonchev–Trinajstić information content (AvgIpc) is 2.95. The largest absolute Gasteiger partial charge is 0.313 e. The highest BCUT2D eigenvalue weighted by atomic mass is 15.1. The molecule has 144 valence electrons. The quantitative estimate of drug-likeness (QED) is 0.781. The van der Waals surface area contributed by atoms with E-state index in [0.29, 0.717) is 0 Å². The Hall–Kier alpha value is -1.64. The predicted molar refractivity (Wildman–Crippen MR) is 114 cm³/mol. The van der Waals surface area contributed by atoms with Crippen molar-refractivity contribution in [2.45, 2.75) is 58.0 Å². The molecule has 0 saturated carbocycles. The molecule has 27 heavy (non-hydrogen) atoms. The predicted octanol–water partition coefficient (Wildman–Crippen LogP) is 4.96. The number of aryl methyl sites for hydroxylation is 2. The molecule has 2 aromatic rings. The van der Waals surface area contributed by atoms with Crippen molar-refractivity contribution in [1.29, 1.82) is 0 Å². The summed E-state index contributed by atoms with van der Waals surface area (Å²) in [5.41, 5.74) is 6.10. The highest BCUT2D eigenvalue weighted by Crippen LogP contribution is 2.24. The van der Waals surface area contributed by atoms with Gasteiger partial charge in [0, 0.05) is 13.1 Å². The third-order valence-corrected chi connectivity index (χ3v) is 6.42. The molecule has 4 rings (SSSR count). The number of likely N-dealkylation sites (tertiary alicyclic amines) is 1. The molecule has 2 aromatic carbocycles. The van der Waals surface area contributed by atoms with Crippen molar-refractivity contribution in [3.05, 3.63) is 70.8 Å². The Morgan fingerprint density at radius 3 is 2.63 bits per heavy atom. The van der Waals surface area contributed by atoms with Crippen molar-refractivity contribution in [2.24, 2.45) is 5.92 Å². The standard InChI is InChI=1S/C25H34N2/c1-2-6-23(7-3-1)20-27-16-13-21(14-17-27)8-4-9-22-11-12-24-10-5-15-26-19-25(24)18-22/h1-3,6-7,11-12,18,21,26H,4-5,8-10,13-17,19-20H2. The first-order valence-corrected chi connectivity index (χ1v) is 10.9. The SMILES string of the molecule is c1ccc(CN2CCC(CCCc3ccc4c(c3)CNCCC4)CC2)cc1. The van der Waals surface area contributed by atoms with Crippen LogP contribution < -0.4 is 5.32 Å². The fourth-order valence-electron chi connectivity index (χ4n) is 4.74. The fraction of sp³-hybridized carbons (Fsp3) is 0.520. The molecular weight excluding hydrogens is 328 g/mol. The number of benzene rings is 2. The second-order valence-corrected chi connectivity index (χ2v) is 8.48. The van der Waals surface area contributed by atoms with E-state index in [-0.39, 0.29) is 0 Å². The molecule has 2 heterocycles. The molecule has 0 amide bonds. The van der Waals surface area contributed by atoms with Gasteiger partial charge in [-0.25, -0.2) is 0 Å². The van der Waals surface area contributed by atoms with Crippen LogP contribution in [0.25, 0.3) is 0 Å². The highest BCUT2D eigenvalue weighted by molar-refractivity contribution is 5.33. The molecule has 0 unspecified atom stereocenters. The molecule has 1 saturated heterocycles. The Balaban J connectivity index is 1.19. The van der Waals surface area contributed by atoms with Crippen molar-refractivity contribution in [1.82, 2.24) is 10.2 Å². The van der Waals surface area contributed by atoms with Gasteiger partial charge >= 0.3 is 0 Å². The van der Waals surface area contributed by atoms with E-state index < -0.39 is 0 Å². The van der Waals surface area contributed by atoms with Crippen molar-refractivity contribution < 1.29 is 0 Å². The van der Waals surface area contributed by atoms with E-state index in [0.717, 1.165) is 25.6 Å². The first-order valence-electron chi connectivity index (χ1n) is 10.9. The summed E-state index contributed by atoms with van der Waals surface area (Å²) in [5, 5.41) is 3.56. The Morgan fingerprint density at radius 2 is 1.78 bits per heavy atom. The van der Waals surface area contributed by atoms with Gasteiger partial charge in [0.25, 0.3) is 0 Å². The van der Waals surface area contributed by atoms with Crippen LogP contribution in [0.15, 0.2) is 48.5 Å². The van der Waals surface area contributed by atoms with Crippen molar-refractivity contribution in [3.63, 3.8) is 0 Å². The van der Waals surface area contributed by atoms with Crippen LogP contribution in [0.5, 0.6) is 0 Å². The Labute approximate surface area is 165 Å². The van der Waals surface area contributed by atoms with Gasteiger partial charge in [0.15, 0.2) is 0 Å². The lowest BCUT2D eigenvalue weighted by atomic mass is 9.90. The summed E-state index contributed by atoms with van der Waals surface area (Å²) >= 11 is 0. The topological polar surface area (TPSA) is 15.3 Å². The number of nitrogens with zero attached hydrogens (tertiary/aromatic N) is 1. The summed E-state index contributed by atoms with van der Waals surface area (Å²) in [6.45, 7) is 5.88. The molecule has 0 aliphatic carbocycles. The summed E-state index contributed by atoms with van der Waals surface area (Å²) in [6, 6.07) is 18.2. The Morgan fingerprint density at radius 1 is 0.926 bits per heavy atom. The maximum absolute atomic E-state index is 3.56. The fourth-order valence-corrected chi connectivity index (χ4v) is 4.74. The smallest absolute Gasteiger partial charge is 0.0233 e. The molecule has 0 bridgehead atoms. The maximum atomic E-state index is 3.56. The lowest BCUT2D eigenvalue weighted by molar-refractivity contribution is 0.171. The van der Waals surface area contributed by atoms with E-state index in [1.807, 2.05) is 0 Å². The minimum atomic E-state index is 0.930. The van der Waals surface area contributed by atoms with Crippen LogP contribution in [0.2, 0.25) is 0 Å². The molecule has 0 spiro atoms. The van der Waals surface area contributed by atoms with Gasteiger partial charge in [0.1, 0.15) is 0 Å². The lowest BCUT2D eigenvalue weighted by Gasteiger charge is -2.32. The monoisotopic (exact) mass is 362 g/mol. The molecular formula is C25H34N2. The van der Waals surface area contributed by atoms with E-state index in [1.165, 1.54) is 63.6 Å². The van der Waals surface area contributed by atoms with E-state index in [2.05, 4.69) is 58.7 Å². The first-order chi connectivity index (χ1) is 13.4. The molecule has 1 fully saturated rings. The number of hydrogen-bond acceptors (Lipinski definition) is 2. The van der Waals surface area contributed by atoms with Crippen molar-refractivity contribution in [2.75, 3.05) is 19.6 Å². The van der Waals surface area contributed by atoms with Gasteiger partial charge in [-0.2, -0.15) is 0 Å². The van der Waals surface area contributed by atoms with Crippen LogP contribution in [0, 0.1) is 5.92 Å². The van der Waals surface area contributed by atoms with Crippen molar-refractivity contribution >= 4 is 0 Å². The highest BCUT2D eigenvalue weighted by Gasteiger charge is 2.19. The second kappa shape index (κ2) is 9.52. The van der Waals surface area contributed by atoms with Gasteiger partial charge in [0.05, 0.1) is 0 Å². The zero-order valence-electron chi connectivity index (χ0n) is 16.6. The van der Waals surface area contributed by atoms with Gasteiger partial charge in [-0.1, -0.05) is 55.0 Å². The third kappa shape index (κ3) is 5.43. The number of fused-ring (bicyclic) bond motifs is 1. The van der Waals surface area contributed by atoms with Gasteiger partial charge in [-0.3, -0.25) is 4.90 Å². The summed E-state index contributed by atoms with van der Waals surface area (Å²) < 4.78 is 0. The van der Waals surface area contributed by atoms with Crippen LogP contribution >= 0.6 is 0 Å². The maximum Gasteiger partial charge on any atom is 0.0233 e. The van der Waals surface area contributed by atoms with E-state index in [9.17, 15) is 0 Å². The molecule has 0 aromatic heterocycles. The van der Waals surface area contributed by atoms with Gasteiger partial charge < -0.3 is 5.32 Å². The Bertz CT molecular complexity index is 702. The first kappa shape index (κ1) is 18.7. The van der Waals surface area contributed by atoms with Crippen LogP contribution in [0.3, 0.4) is 0 Å². The van der Waals surface area contributed by atoms with Crippen molar-refractivity contribution in [3.8, 4) is 0 Å². The molecule has 2 aliphatic heterocycles. The zero-order chi connectivity index (χ0) is 18.3. The number of piperidine rings is 1. The number of nitrogens with one attached hydrogen (secondary N) is 1. The van der Waals surface area contributed by atoms with Crippen LogP contribution in [0.1, 0.15) is 54.4 Å². The molecule has 2 aliphatic rings. The number of rotatable bonds is 6. The van der Waals surface area contributed by atoms with Gasteiger partial charge in [-0.05, 0) is 86.3 Å². The minimum Gasteiger partial charge on any atom is -0.313 e. The summed E-state index contributed by atoms with van der Waals surface area (Å²) in [4.78, 5) is 2.63. The zero-order valence-corrected chi connectivity index (χ0v) is 16.6. The molecule has 2 nitrogen and oxygen atoms in total. The summed E-state index contributed by atoms with van der Waals surface area (Å²) in [6.07, 6.45) is 9.25. The normalized spacial score (nSPS) is 18.8. The van der Waals surface area contributed by atoms with Gasteiger partial charge in [0.2, 0.25) is 0 Å². The van der Waals surface area contributed by atoms with Crippen LogP contribution in [-0.4, -0.2) is 24.5 Å². The second-order valence-electron chi connectivity index (χ2n) is 8.48. The molecule has 0 atom stereocenters. The number of hydrogen-bond donors (Lipinski definition) is 1. The third-order valence-electron chi connectivity index (χ3n) is 6.42. The molecule has 1 N–H and O–H groups in total. The summed E-state index contributed by atoms with van der Waals surface area (Å²) in [7, 11) is 0. The Kier molecular flexibility index (Phi) is 6.60. The molecule has 0 radical (unpaired) electrons. The van der Waals surface area contributed by atoms with E-state index >= 15 is 0 Å². The van der Waals surface area contributed by atoms with Crippen LogP contribution in [0.4, 0.5) is 0 Å². The van der Waals surface area contributed by atoms with Crippen LogP contribution in [-0.2, 0) is 25.9 Å². The van der Waals surface area contributed by atoms with E-state index in [4.69, 9.17) is 0 Å². The summed E-state index contributed by atoms with van der Waals surface area (Å²) in [5.74, 6) is 0.930. The average molecular weight is 363 g/mol. The van der Waals surface area contributed by atoms with Gasteiger partial charge in [-0.15, -0.1) is 0 Å². The van der Waals surface area contributed by atoms with E-state index in [1.54, 1.807) is 16.7 Å². The lowest BCUT2D eigenvalue weighted by Crippen LogP contribution is -2.33. The minimum absolute atomic E-state index is 0.930.